The summed E-state index contributed by atoms with van der Waals surface area (Å²) in [6, 6.07) is 17.5. The molecule has 2 fully saturated rings. The molecule has 2 amide bonds. The number of benzene rings is 2. The second kappa shape index (κ2) is 11.0. The van der Waals surface area contributed by atoms with Crippen LogP contribution in [0.3, 0.4) is 0 Å². The first-order valence-electron chi connectivity index (χ1n) is 11.4. The van der Waals surface area contributed by atoms with E-state index in [2.05, 4.69) is 0 Å². The van der Waals surface area contributed by atoms with Crippen LogP contribution in [0.5, 0.6) is 0 Å². The van der Waals surface area contributed by atoms with Crippen LogP contribution in [0.25, 0.3) is 0 Å². The molecule has 7 nitrogen and oxygen atoms in total. The van der Waals surface area contributed by atoms with Crippen molar-refractivity contribution >= 4 is 23.2 Å². The van der Waals surface area contributed by atoms with Crippen molar-refractivity contribution in [3.05, 3.63) is 66.2 Å². The van der Waals surface area contributed by atoms with Crippen molar-refractivity contribution in [3.8, 4) is 0 Å². The maximum absolute atomic E-state index is 13.4. The average molecular weight is 471 g/mol. The lowest BCUT2D eigenvalue weighted by atomic mass is 10.1. The standard InChI is InChI=1S/C25H30N2O5S/c28-23(18-33(31)20-11-5-2-6-12-20)21-13-7-15-26(21)24(29)22-14-8-16-27(22)25(30)32-17-19-9-3-1-4-10-19/h1-6,9-12,21-23,28H,7-8,13-18H2/t21-,22+,23?,33?/m0/s1. The lowest BCUT2D eigenvalue weighted by Crippen LogP contribution is -2.52. The molecule has 2 heterocycles. The van der Waals surface area contributed by atoms with E-state index in [4.69, 9.17) is 4.74 Å². The average Bonchev–Trinajstić information content (AvgIpc) is 3.53. The van der Waals surface area contributed by atoms with Gasteiger partial charge in [-0.05, 0) is 54.6 Å². The van der Waals surface area contributed by atoms with Crippen LogP contribution in [0, 0.1) is 0 Å². The van der Waals surface area contributed by atoms with Crippen LogP contribution in [-0.2, 0) is 27.3 Å². The van der Waals surface area contributed by atoms with E-state index < -0.39 is 35.5 Å². The summed E-state index contributed by atoms with van der Waals surface area (Å²) in [5.74, 6) is -0.0809. The van der Waals surface area contributed by atoms with Crippen LogP contribution in [0.2, 0.25) is 0 Å². The molecule has 0 aliphatic carbocycles. The molecule has 2 aromatic rings. The molecule has 8 heteroatoms. The van der Waals surface area contributed by atoms with Crippen LogP contribution in [0.4, 0.5) is 4.79 Å². The molecule has 2 saturated heterocycles. The minimum atomic E-state index is -1.35. The summed E-state index contributed by atoms with van der Waals surface area (Å²) < 4.78 is 18.1. The van der Waals surface area contributed by atoms with E-state index in [1.165, 1.54) is 4.90 Å². The summed E-state index contributed by atoms with van der Waals surface area (Å²) in [6.45, 7) is 1.17. The van der Waals surface area contributed by atoms with E-state index in [9.17, 15) is 19.2 Å². The fourth-order valence-electron chi connectivity index (χ4n) is 4.64. The first-order valence-corrected chi connectivity index (χ1v) is 12.8. The molecule has 0 bridgehead atoms. The van der Waals surface area contributed by atoms with Crippen molar-refractivity contribution in [2.24, 2.45) is 0 Å². The molecule has 33 heavy (non-hydrogen) atoms. The largest absolute Gasteiger partial charge is 0.611 e. The minimum Gasteiger partial charge on any atom is -0.611 e. The van der Waals surface area contributed by atoms with Gasteiger partial charge in [-0.15, -0.1) is 0 Å². The first-order chi connectivity index (χ1) is 16.0. The van der Waals surface area contributed by atoms with Gasteiger partial charge in [-0.3, -0.25) is 9.69 Å². The monoisotopic (exact) mass is 470 g/mol. The lowest BCUT2D eigenvalue weighted by Gasteiger charge is -2.33. The van der Waals surface area contributed by atoms with Crippen LogP contribution in [0.15, 0.2) is 65.6 Å². The molecule has 0 aromatic heterocycles. The number of hydrogen-bond acceptors (Lipinski definition) is 5. The Morgan fingerprint density at radius 3 is 2.36 bits per heavy atom. The molecule has 2 unspecified atom stereocenters. The predicted molar refractivity (Wildman–Crippen MR) is 125 cm³/mol. The van der Waals surface area contributed by atoms with Crippen LogP contribution < -0.4 is 0 Å². The van der Waals surface area contributed by atoms with Crippen molar-refractivity contribution in [1.82, 2.24) is 9.80 Å². The van der Waals surface area contributed by atoms with Crippen LogP contribution >= 0.6 is 0 Å². The van der Waals surface area contributed by atoms with Gasteiger partial charge >= 0.3 is 6.09 Å². The number of ether oxygens (including phenoxy) is 1. The summed E-state index contributed by atoms with van der Waals surface area (Å²) in [7, 11) is 0. The Morgan fingerprint density at radius 1 is 1.00 bits per heavy atom. The summed E-state index contributed by atoms with van der Waals surface area (Å²) in [4.78, 5) is 30.0. The van der Waals surface area contributed by atoms with Crippen molar-refractivity contribution in [2.45, 2.75) is 55.4 Å². The van der Waals surface area contributed by atoms with Gasteiger partial charge in [-0.1, -0.05) is 48.5 Å². The molecular formula is C25H30N2O5S. The Kier molecular flexibility index (Phi) is 7.90. The van der Waals surface area contributed by atoms with E-state index in [1.807, 2.05) is 48.5 Å². The number of rotatable bonds is 7. The summed E-state index contributed by atoms with van der Waals surface area (Å²) in [5.41, 5.74) is 0.891. The molecule has 4 atom stereocenters. The second-order valence-corrected chi connectivity index (χ2v) is 10.0. The van der Waals surface area contributed by atoms with E-state index in [1.54, 1.807) is 17.0 Å². The van der Waals surface area contributed by atoms with Crippen molar-refractivity contribution < 1.29 is 24.0 Å². The van der Waals surface area contributed by atoms with Gasteiger partial charge in [0.25, 0.3) is 0 Å². The molecule has 176 valence electrons. The van der Waals surface area contributed by atoms with Crippen molar-refractivity contribution in [1.29, 1.82) is 0 Å². The molecular weight excluding hydrogens is 440 g/mol. The minimum absolute atomic E-state index is 0.0754. The number of carbonyl (C=O) groups is 2. The highest BCUT2D eigenvalue weighted by Gasteiger charge is 2.43. The molecule has 4 rings (SSSR count). The van der Waals surface area contributed by atoms with Gasteiger partial charge in [0.05, 0.1) is 6.04 Å². The maximum atomic E-state index is 13.4. The van der Waals surface area contributed by atoms with E-state index >= 15 is 0 Å². The second-order valence-electron chi connectivity index (χ2n) is 8.53. The smallest absolute Gasteiger partial charge is 0.410 e. The van der Waals surface area contributed by atoms with Gasteiger partial charge in [0.2, 0.25) is 5.91 Å². The molecule has 2 aliphatic rings. The third kappa shape index (κ3) is 5.69. The van der Waals surface area contributed by atoms with Crippen LogP contribution in [-0.4, -0.2) is 68.5 Å². The van der Waals surface area contributed by atoms with Gasteiger partial charge in [0.15, 0.2) is 4.90 Å². The maximum Gasteiger partial charge on any atom is 0.410 e. The number of hydrogen-bond donors (Lipinski definition) is 1. The molecule has 2 aromatic carbocycles. The van der Waals surface area contributed by atoms with Gasteiger partial charge in [-0.25, -0.2) is 4.79 Å². The summed E-state index contributed by atoms with van der Waals surface area (Å²) >= 11 is -1.35. The topological polar surface area (TPSA) is 93.1 Å². The Hall–Kier alpha value is -2.55. The number of amides is 2. The highest BCUT2D eigenvalue weighted by molar-refractivity contribution is 7.91. The fraction of sp³-hybridized carbons (Fsp3) is 0.440. The van der Waals surface area contributed by atoms with E-state index in [-0.39, 0.29) is 18.3 Å². The zero-order valence-electron chi connectivity index (χ0n) is 18.5. The molecule has 2 aliphatic heterocycles. The number of nitrogens with zero attached hydrogens (tertiary/aromatic N) is 2. The molecule has 0 radical (unpaired) electrons. The fourth-order valence-corrected chi connectivity index (χ4v) is 5.82. The zero-order valence-corrected chi connectivity index (χ0v) is 19.4. The lowest BCUT2D eigenvalue weighted by molar-refractivity contribution is -0.138. The Morgan fingerprint density at radius 2 is 1.64 bits per heavy atom. The quantitative estimate of drug-likeness (QED) is 0.628. The van der Waals surface area contributed by atoms with Gasteiger partial charge in [0.1, 0.15) is 24.5 Å². The normalized spacial score (nSPS) is 22.2. The third-order valence-electron chi connectivity index (χ3n) is 6.33. The third-order valence-corrected chi connectivity index (χ3v) is 7.77. The van der Waals surface area contributed by atoms with Crippen molar-refractivity contribution in [2.75, 3.05) is 18.8 Å². The van der Waals surface area contributed by atoms with Gasteiger partial charge in [-0.2, -0.15) is 0 Å². The first kappa shape index (κ1) is 23.6. The SMILES string of the molecule is O=C(OCc1ccccc1)N1CCC[C@@H]1C(=O)N1CCC[C@H]1C(O)C[S+]([O-])c1ccccc1. The van der Waals surface area contributed by atoms with E-state index in [0.717, 1.165) is 18.4 Å². The zero-order chi connectivity index (χ0) is 23.2. The van der Waals surface area contributed by atoms with Gasteiger partial charge < -0.3 is 19.3 Å². The molecule has 0 spiro atoms. The van der Waals surface area contributed by atoms with E-state index in [0.29, 0.717) is 30.8 Å². The number of likely N-dealkylation sites (tertiary alicyclic amines) is 2. The van der Waals surface area contributed by atoms with Crippen molar-refractivity contribution in [3.63, 3.8) is 0 Å². The number of carbonyl (C=O) groups excluding carboxylic acids is 2. The molecule has 1 N–H and O–H groups in total. The summed E-state index contributed by atoms with van der Waals surface area (Å²) in [5, 5.41) is 10.8. The van der Waals surface area contributed by atoms with Crippen LogP contribution in [0.1, 0.15) is 31.2 Å². The van der Waals surface area contributed by atoms with Gasteiger partial charge in [0, 0.05) is 13.1 Å². The number of aliphatic hydroxyl groups excluding tert-OH is 1. The summed E-state index contributed by atoms with van der Waals surface area (Å²) in [6.07, 6.45) is 1.36. The molecule has 0 saturated carbocycles. The Bertz CT molecular complexity index is 929. The number of aliphatic hydroxyl groups is 1. The highest BCUT2D eigenvalue weighted by atomic mass is 32.2. The highest BCUT2D eigenvalue weighted by Crippen LogP contribution is 2.28. The predicted octanol–water partition coefficient (Wildman–Crippen LogP) is 2.95. The Balaban J connectivity index is 1.36. The Labute approximate surface area is 197 Å².